The van der Waals surface area contributed by atoms with Crippen LogP contribution in [0.25, 0.3) is 0 Å². The number of amides is 1. The smallest absolute Gasteiger partial charge is 0.240 e. The first-order valence-corrected chi connectivity index (χ1v) is 5.56. The molecular formula is C11H17N3O2. The van der Waals surface area contributed by atoms with Gasteiger partial charge in [-0.15, -0.1) is 0 Å². The number of nitrogens with zero attached hydrogens (tertiary/aromatic N) is 1. The predicted molar refractivity (Wildman–Crippen MR) is 58.7 cm³/mol. The molecule has 2 N–H and O–H groups in total. The van der Waals surface area contributed by atoms with Gasteiger partial charge in [0, 0.05) is 6.07 Å². The summed E-state index contributed by atoms with van der Waals surface area (Å²) in [6, 6.07) is 1.82. The molecule has 1 atom stereocenters. The van der Waals surface area contributed by atoms with E-state index in [1.807, 2.05) is 19.9 Å². The summed E-state index contributed by atoms with van der Waals surface area (Å²) in [7, 11) is 0. The second kappa shape index (κ2) is 4.25. The van der Waals surface area contributed by atoms with E-state index in [4.69, 9.17) is 4.52 Å². The van der Waals surface area contributed by atoms with E-state index >= 15 is 0 Å². The first-order chi connectivity index (χ1) is 7.60. The van der Waals surface area contributed by atoms with Gasteiger partial charge in [0.05, 0.1) is 17.8 Å². The van der Waals surface area contributed by atoms with Crippen LogP contribution in [0.1, 0.15) is 31.2 Å². The van der Waals surface area contributed by atoms with Crippen molar-refractivity contribution in [1.82, 2.24) is 15.8 Å². The van der Waals surface area contributed by atoms with Crippen molar-refractivity contribution < 1.29 is 9.32 Å². The van der Waals surface area contributed by atoms with Gasteiger partial charge in [0.15, 0.2) is 5.76 Å². The third-order valence-corrected chi connectivity index (χ3v) is 2.97. The third-order valence-electron chi connectivity index (χ3n) is 2.97. The zero-order valence-electron chi connectivity index (χ0n) is 9.67. The number of carbonyl (C=O) groups excluding carboxylic acids is 1. The van der Waals surface area contributed by atoms with Crippen molar-refractivity contribution in [3.63, 3.8) is 0 Å². The highest BCUT2D eigenvalue weighted by molar-refractivity contribution is 5.86. The van der Waals surface area contributed by atoms with Crippen LogP contribution >= 0.6 is 0 Å². The van der Waals surface area contributed by atoms with E-state index in [0.717, 1.165) is 25.1 Å². The average Bonchev–Trinajstić information content (AvgIpc) is 2.85. The molecule has 1 fully saturated rings. The van der Waals surface area contributed by atoms with Gasteiger partial charge in [0.25, 0.3) is 0 Å². The van der Waals surface area contributed by atoms with Gasteiger partial charge in [0.1, 0.15) is 0 Å². The van der Waals surface area contributed by atoms with E-state index in [0.29, 0.717) is 12.3 Å². The Morgan fingerprint density at radius 1 is 1.75 bits per heavy atom. The molecule has 1 aliphatic heterocycles. The molecule has 1 unspecified atom stereocenters. The molecule has 0 aliphatic carbocycles. The summed E-state index contributed by atoms with van der Waals surface area (Å²) in [5.74, 6) is 0.714. The second-order valence-corrected chi connectivity index (χ2v) is 4.48. The fraction of sp³-hybridized carbons (Fsp3) is 0.636. The second-order valence-electron chi connectivity index (χ2n) is 4.48. The maximum absolute atomic E-state index is 11.9. The van der Waals surface area contributed by atoms with Crippen molar-refractivity contribution in [1.29, 1.82) is 0 Å². The van der Waals surface area contributed by atoms with E-state index in [2.05, 4.69) is 15.8 Å². The van der Waals surface area contributed by atoms with Crippen LogP contribution in [-0.2, 0) is 11.3 Å². The molecule has 1 aromatic heterocycles. The van der Waals surface area contributed by atoms with Crippen LogP contribution in [0.3, 0.4) is 0 Å². The number of hydrogen-bond acceptors (Lipinski definition) is 4. The Bertz CT molecular complexity index is 380. The lowest BCUT2D eigenvalue weighted by Crippen LogP contribution is -2.50. The lowest BCUT2D eigenvalue weighted by Gasteiger charge is -2.22. The van der Waals surface area contributed by atoms with Crippen LogP contribution in [0, 0.1) is 6.92 Å². The van der Waals surface area contributed by atoms with Gasteiger partial charge in [-0.25, -0.2) is 0 Å². The van der Waals surface area contributed by atoms with Crippen molar-refractivity contribution in [2.75, 3.05) is 6.54 Å². The van der Waals surface area contributed by atoms with Crippen LogP contribution in [0.15, 0.2) is 10.6 Å². The molecule has 1 aliphatic rings. The fourth-order valence-electron chi connectivity index (χ4n) is 1.95. The number of aryl methyl sites for hydroxylation is 1. The molecule has 0 radical (unpaired) electrons. The molecule has 1 amide bonds. The van der Waals surface area contributed by atoms with Crippen LogP contribution in [-0.4, -0.2) is 23.1 Å². The zero-order chi connectivity index (χ0) is 11.6. The molecule has 16 heavy (non-hydrogen) atoms. The molecule has 1 saturated heterocycles. The van der Waals surface area contributed by atoms with Gasteiger partial charge in [-0.3, -0.25) is 4.79 Å². The van der Waals surface area contributed by atoms with Crippen molar-refractivity contribution in [2.45, 2.75) is 38.8 Å². The number of carbonyl (C=O) groups is 1. The highest BCUT2D eigenvalue weighted by Gasteiger charge is 2.35. The Hall–Kier alpha value is -1.36. The van der Waals surface area contributed by atoms with Gasteiger partial charge < -0.3 is 15.2 Å². The normalized spacial score (nSPS) is 24.6. The van der Waals surface area contributed by atoms with Gasteiger partial charge >= 0.3 is 0 Å². The maximum Gasteiger partial charge on any atom is 0.240 e. The average molecular weight is 223 g/mol. The summed E-state index contributed by atoms with van der Waals surface area (Å²) < 4.78 is 5.03. The van der Waals surface area contributed by atoms with Crippen molar-refractivity contribution >= 4 is 5.91 Å². The van der Waals surface area contributed by atoms with Gasteiger partial charge in [0.2, 0.25) is 5.91 Å². The molecule has 2 rings (SSSR count). The molecular weight excluding hydrogens is 206 g/mol. The van der Waals surface area contributed by atoms with Crippen LogP contribution in [0.2, 0.25) is 0 Å². The molecule has 2 heterocycles. The minimum atomic E-state index is -0.422. The number of nitrogens with one attached hydrogen (secondary N) is 2. The van der Waals surface area contributed by atoms with Crippen LogP contribution in [0.4, 0.5) is 0 Å². The largest absolute Gasteiger partial charge is 0.359 e. The third kappa shape index (κ3) is 2.24. The summed E-state index contributed by atoms with van der Waals surface area (Å²) in [5, 5.41) is 9.84. The summed E-state index contributed by atoms with van der Waals surface area (Å²) in [5.41, 5.74) is 0.407. The van der Waals surface area contributed by atoms with Gasteiger partial charge in [-0.1, -0.05) is 5.16 Å². The Kier molecular flexibility index (Phi) is 2.96. The molecule has 88 valence electrons. The monoisotopic (exact) mass is 223 g/mol. The highest BCUT2D eigenvalue weighted by Crippen LogP contribution is 2.18. The summed E-state index contributed by atoms with van der Waals surface area (Å²) in [4.78, 5) is 11.9. The molecule has 0 aromatic carbocycles. The van der Waals surface area contributed by atoms with Gasteiger partial charge in [-0.2, -0.15) is 0 Å². The van der Waals surface area contributed by atoms with Crippen LogP contribution in [0.5, 0.6) is 0 Å². The molecule has 0 saturated carbocycles. The number of hydrogen-bond donors (Lipinski definition) is 2. The summed E-state index contributed by atoms with van der Waals surface area (Å²) in [6.45, 7) is 5.10. The van der Waals surface area contributed by atoms with Gasteiger partial charge in [-0.05, 0) is 33.2 Å². The summed E-state index contributed by atoms with van der Waals surface area (Å²) in [6.07, 6.45) is 1.93. The van der Waals surface area contributed by atoms with Crippen molar-refractivity contribution in [2.24, 2.45) is 0 Å². The predicted octanol–water partition coefficient (Wildman–Crippen LogP) is 0.741. The van der Waals surface area contributed by atoms with E-state index in [9.17, 15) is 4.79 Å². The highest BCUT2D eigenvalue weighted by atomic mass is 16.5. The topological polar surface area (TPSA) is 67.2 Å². The molecule has 5 heteroatoms. The first-order valence-electron chi connectivity index (χ1n) is 5.56. The van der Waals surface area contributed by atoms with E-state index in [1.54, 1.807) is 0 Å². The Labute approximate surface area is 94.6 Å². The van der Waals surface area contributed by atoms with Crippen molar-refractivity contribution in [3.8, 4) is 0 Å². The van der Waals surface area contributed by atoms with E-state index in [-0.39, 0.29) is 5.91 Å². The quantitative estimate of drug-likeness (QED) is 0.793. The van der Waals surface area contributed by atoms with Crippen molar-refractivity contribution in [3.05, 3.63) is 17.5 Å². The standard InChI is InChI=1S/C11H17N3O2/c1-8-6-9(16-14-8)7-12-10(15)11(2)4-3-5-13-11/h6,13H,3-5,7H2,1-2H3,(H,12,15). The minimum Gasteiger partial charge on any atom is -0.359 e. The van der Waals surface area contributed by atoms with Crippen LogP contribution < -0.4 is 10.6 Å². The number of aromatic nitrogens is 1. The van der Waals surface area contributed by atoms with E-state index in [1.165, 1.54) is 0 Å². The lowest BCUT2D eigenvalue weighted by molar-refractivity contribution is -0.126. The Morgan fingerprint density at radius 3 is 3.12 bits per heavy atom. The molecule has 0 bridgehead atoms. The first kappa shape index (κ1) is 11.1. The zero-order valence-corrected chi connectivity index (χ0v) is 9.67. The SMILES string of the molecule is Cc1cc(CNC(=O)C2(C)CCCN2)on1. The maximum atomic E-state index is 11.9. The summed E-state index contributed by atoms with van der Waals surface area (Å²) >= 11 is 0. The molecule has 0 spiro atoms. The molecule has 1 aromatic rings. The van der Waals surface area contributed by atoms with E-state index < -0.39 is 5.54 Å². The minimum absolute atomic E-state index is 0.0269. The number of rotatable bonds is 3. The Balaban J connectivity index is 1.88. The lowest BCUT2D eigenvalue weighted by atomic mass is 9.99. The molecule has 5 nitrogen and oxygen atoms in total. The Morgan fingerprint density at radius 2 is 2.56 bits per heavy atom. The fourth-order valence-corrected chi connectivity index (χ4v) is 1.95.